The van der Waals surface area contributed by atoms with Crippen LogP contribution in [0.25, 0.3) is 0 Å². The standard InChI is InChI=1S/C28H39NO3Si/c1-27(2,3)32-26(30)29-23-15-13-14-22(20-23)21-31-33(28(4,5)6,24-16-9-7-10-17-24)25-18-11-8-12-19-25/h7-12,15-19,22H,13-14,20-21H2,1-6H3,(H,29,30). The molecule has 1 aliphatic rings. The van der Waals surface area contributed by atoms with E-state index in [0.717, 1.165) is 25.0 Å². The Morgan fingerprint density at radius 3 is 1.97 bits per heavy atom. The van der Waals surface area contributed by atoms with Gasteiger partial charge in [0.2, 0.25) is 0 Å². The van der Waals surface area contributed by atoms with Crippen LogP contribution in [0.2, 0.25) is 5.04 Å². The highest BCUT2D eigenvalue weighted by molar-refractivity contribution is 6.99. The van der Waals surface area contributed by atoms with Crippen molar-refractivity contribution in [3.8, 4) is 0 Å². The molecule has 2 aromatic rings. The lowest BCUT2D eigenvalue weighted by atomic mass is 9.93. The molecule has 0 heterocycles. The number of alkyl carbamates (subject to hydrolysis) is 1. The van der Waals surface area contributed by atoms with Gasteiger partial charge in [-0.1, -0.05) is 87.5 Å². The van der Waals surface area contributed by atoms with E-state index in [9.17, 15) is 4.79 Å². The third kappa shape index (κ3) is 6.36. The van der Waals surface area contributed by atoms with Gasteiger partial charge in [0.05, 0.1) is 0 Å². The first-order valence-electron chi connectivity index (χ1n) is 12.0. The number of amides is 1. The van der Waals surface area contributed by atoms with Crippen LogP contribution in [-0.4, -0.2) is 26.6 Å². The van der Waals surface area contributed by atoms with Crippen LogP contribution in [0.1, 0.15) is 60.8 Å². The number of hydrogen-bond donors (Lipinski definition) is 1. The summed E-state index contributed by atoms with van der Waals surface area (Å²) in [6, 6.07) is 21.5. The molecule has 0 aliphatic heterocycles. The average molecular weight is 466 g/mol. The molecule has 4 nitrogen and oxygen atoms in total. The number of carbonyl (C=O) groups is 1. The van der Waals surface area contributed by atoms with Crippen molar-refractivity contribution in [1.29, 1.82) is 0 Å². The predicted molar refractivity (Wildman–Crippen MR) is 138 cm³/mol. The molecule has 0 bridgehead atoms. The summed E-state index contributed by atoms with van der Waals surface area (Å²) >= 11 is 0. The lowest BCUT2D eigenvalue weighted by molar-refractivity contribution is 0.0540. The maximum Gasteiger partial charge on any atom is 0.411 e. The van der Waals surface area contributed by atoms with Gasteiger partial charge in [-0.15, -0.1) is 0 Å². The van der Waals surface area contributed by atoms with Gasteiger partial charge < -0.3 is 9.16 Å². The zero-order valence-corrected chi connectivity index (χ0v) is 22.0. The Morgan fingerprint density at radius 2 is 1.48 bits per heavy atom. The number of hydrogen-bond acceptors (Lipinski definition) is 3. The lowest BCUT2D eigenvalue weighted by Gasteiger charge is -2.44. The second-order valence-corrected chi connectivity index (χ2v) is 15.3. The zero-order valence-electron chi connectivity index (χ0n) is 21.0. The van der Waals surface area contributed by atoms with Crippen LogP contribution in [-0.2, 0) is 9.16 Å². The molecular weight excluding hydrogens is 426 g/mol. The van der Waals surface area contributed by atoms with Crippen molar-refractivity contribution in [1.82, 2.24) is 5.32 Å². The Hall–Kier alpha value is -2.37. The highest BCUT2D eigenvalue weighted by atomic mass is 28.4. The van der Waals surface area contributed by atoms with Crippen molar-refractivity contribution in [3.05, 3.63) is 72.4 Å². The Labute approximate surface area is 200 Å². The van der Waals surface area contributed by atoms with Crippen LogP contribution in [0, 0.1) is 5.92 Å². The fraction of sp³-hybridized carbons (Fsp3) is 0.464. The maximum absolute atomic E-state index is 12.3. The van der Waals surface area contributed by atoms with Gasteiger partial charge in [-0.2, -0.15) is 0 Å². The van der Waals surface area contributed by atoms with E-state index in [4.69, 9.17) is 9.16 Å². The molecule has 0 saturated carbocycles. The SMILES string of the molecule is CC(C)(C)OC(=O)NC1=CCCC(CO[Si](c2ccccc2)(c2ccccc2)C(C)(C)C)C1. The largest absolute Gasteiger partial charge is 0.444 e. The van der Waals surface area contributed by atoms with Crippen molar-refractivity contribution in [2.45, 2.75) is 71.4 Å². The van der Waals surface area contributed by atoms with Crippen LogP contribution < -0.4 is 15.7 Å². The molecule has 0 saturated heterocycles. The molecule has 0 fully saturated rings. The predicted octanol–water partition coefficient (Wildman–Crippen LogP) is 5.77. The van der Waals surface area contributed by atoms with Crippen LogP contribution in [0.3, 0.4) is 0 Å². The number of carbonyl (C=O) groups excluding carboxylic acids is 1. The van der Waals surface area contributed by atoms with Gasteiger partial charge in [0.1, 0.15) is 5.60 Å². The van der Waals surface area contributed by atoms with Gasteiger partial charge in [0.15, 0.2) is 0 Å². The van der Waals surface area contributed by atoms with Crippen LogP contribution in [0.15, 0.2) is 72.4 Å². The Bertz CT molecular complexity index is 903. The molecule has 1 aliphatic carbocycles. The van der Waals surface area contributed by atoms with E-state index >= 15 is 0 Å². The van der Waals surface area contributed by atoms with Crippen molar-refractivity contribution in [2.24, 2.45) is 5.92 Å². The topological polar surface area (TPSA) is 47.6 Å². The average Bonchev–Trinajstić information content (AvgIpc) is 2.74. The normalized spacial score (nSPS) is 17.3. The number of rotatable bonds is 6. The highest BCUT2D eigenvalue weighted by Gasteiger charge is 2.50. The molecule has 178 valence electrons. The number of nitrogens with one attached hydrogen (secondary N) is 1. The molecule has 1 atom stereocenters. The van der Waals surface area contributed by atoms with Crippen molar-refractivity contribution < 1.29 is 14.0 Å². The third-order valence-electron chi connectivity index (χ3n) is 6.09. The Morgan fingerprint density at radius 1 is 0.939 bits per heavy atom. The minimum absolute atomic E-state index is 0.0438. The smallest absolute Gasteiger partial charge is 0.411 e. The molecular formula is C28H39NO3Si. The van der Waals surface area contributed by atoms with Crippen LogP contribution >= 0.6 is 0 Å². The van der Waals surface area contributed by atoms with Crippen LogP contribution in [0.5, 0.6) is 0 Å². The highest BCUT2D eigenvalue weighted by Crippen LogP contribution is 2.37. The molecule has 0 spiro atoms. The summed E-state index contributed by atoms with van der Waals surface area (Å²) in [4.78, 5) is 12.3. The lowest BCUT2D eigenvalue weighted by Crippen LogP contribution is -2.66. The number of benzene rings is 2. The second-order valence-electron chi connectivity index (χ2n) is 11.0. The fourth-order valence-electron chi connectivity index (χ4n) is 4.67. The van der Waals surface area contributed by atoms with E-state index in [1.165, 1.54) is 10.4 Å². The third-order valence-corrected chi connectivity index (χ3v) is 11.1. The van der Waals surface area contributed by atoms with Crippen molar-refractivity contribution >= 4 is 24.8 Å². The molecule has 1 amide bonds. The van der Waals surface area contributed by atoms with Crippen molar-refractivity contribution in [3.63, 3.8) is 0 Å². The van der Waals surface area contributed by atoms with Gasteiger partial charge in [0, 0.05) is 12.3 Å². The first kappa shape index (κ1) is 25.3. The first-order valence-corrected chi connectivity index (χ1v) is 13.9. The quantitative estimate of drug-likeness (QED) is 0.551. The molecule has 1 N–H and O–H groups in total. The second kappa shape index (κ2) is 10.3. The van der Waals surface area contributed by atoms with Gasteiger partial charge >= 0.3 is 6.09 Å². The van der Waals surface area contributed by atoms with Gasteiger partial charge in [0.25, 0.3) is 8.32 Å². The zero-order chi connectivity index (χ0) is 24.1. The van der Waals surface area contributed by atoms with E-state index < -0.39 is 13.9 Å². The Balaban J connectivity index is 1.81. The summed E-state index contributed by atoms with van der Waals surface area (Å²) in [6.45, 7) is 13.2. The Kier molecular flexibility index (Phi) is 7.86. The van der Waals surface area contributed by atoms with E-state index in [2.05, 4.69) is 92.8 Å². The molecule has 33 heavy (non-hydrogen) atoms. The van der Waals surface area contributed by atoms with E-state index in [1.54, 1.807) is 0 Å². The van der Waals surface area contributed by atoms with E-state index in [1.807, 2.05) is 20.8 Å². The molecule has 0 radical (unpaired) electrons. The molecule has 2 aromatic carbocycles. The minimum Gasteiger partial charge on any atom is -0.444 e. The van der Waals surface area contributed by atoms with Gasteiger partial charge in [-0.25, -0.2) is 4.79 Å². The molecule has 3 rings (SSSR count). The summed E-state index contributed by atoms with van der Waals surface area (Å²) in [5, 5.41) is 5.50. The molecule has 5 heteroatoms. The van der Waals surface area contributed by atoms with Crippen LogP contribution in [0.4, 0.5) is 4.79 Å². The molecule has 0 aromatic heterocycles. The van der Waals surface area contributed by atoms with E-state index in [0.29, 0.717) is 12.5 Å². The summed E-state index contributed by atoms with van der Waals surface area (Å²) in [5.74, 6) is 0.349. The van der Waals surface area contributed by atoms with Gasteiger partial charge in [-0.3, -0.25) is 5.32 Å². The van der Waals surface area contributed by atoms with Crippen molar-refractivity contribution in [2.75, 3.05) is 6.61 Å². The number of allylic oxidation sites excluding steroid dienone is 2. The fourth-order valence-corrected chi connectivity index (χ4v) is 9.31. The number of ether oxygens (including phenoxy) is 1. The monoisotopic (exact) mass is 465 g/mol. The minimum atomic E-state index is -2.55. The summed E-state index contributed by atoms with van der Waals surface area (Å²) < 4.78 is 12.5. The maximum atomic E-state index is 12.3. The summed E-state index contributed by atoms with van der Waals surface area (Å²) in [6.07, 6.45) is 4.50. The van der Waals surface area contributed by atoms with Gasteiger partial charge in [-0.05, 0) is 61.4 Å². The summed E-state index contributed by atoms with van der Waals surface area (Å²) in [7, 11) is -2.55. The first-order chi connectivity index (χ1) is 15.5. The van der Waals surface area contributed by atoms with E-state index in [-0.39, 0.29) is 11.1 Å². The molecule has 1 unspecified atom stereocenters. The summed E-state index contributed by atoms with van der Waals surface area (Å²) in [5.41, 5.74) is 0.428.